The van der Waals surface area contributed by atoms with Gasteiger partial charge in [0.2, 0.25) is 0 Å². The molecule has 0 amide bonds. The minimum Gasteiger partial charge on any atom is -0.489 e. The highest BCUT2D eigenvalue weighted by atomic mass is 16.6. The van der Waals surface area contributed by atoms with Gasteiger partial charge in [0.1, 0.15) is 18.5 Å². The van der Waals surface area contributed by atoms with Gasteiger partial charge in [0.25, 0.3) is 0 Å². The maximum absolute atomic E-state index is 12.1. The molecule has 3 heteroatoms. The fourth-order valence-corrected chi connectivity index (χ4v) is 4.90. The summed E-state index contributed by atoms with van der Waals surface area (Å²) in [4.78, 5) is 12.1. The van der Waals surface area contributed by atoms with Crippen molar-refractivity contribution in [1.29, 1.82) is 0 Å². The second kappa shape index (κ2) is 6.77. The fraction of sp³-hybridized carbons (Fsp3) is 0.269. The van der Waals surface area contributed by atoms with E-state index in [1.807, 2.05) is 0 Å². The van der Waals surface area contributed by atoms with Crippen LogP contribution in [0.1, 0.15) is 40.3 Å². The lowest BCUT2D eigenvalue weighted by Gasteiger charge is -2.30. The molecule has 5 rings (SSSR count). The summed E-state index contributed by atoms with van der Waals surface area (Å²) < 4.78 is 12.0. The summed E-state index contributed by atoms with van der Waals surface area (Å²) in [5, 5.41) is 2.43. The first kappa shape index (κ1) is 18.0. The smallest absolute Gasteiger partial charge is 0.334 e. The van der Waals surface area contributed by atoms with Crippen LogP contribution in [0.3, 0.4) is 0 Å². The third-order valence-electron chi connectivity index (χ3n) is 6.48. The Bertz CT molecular complexity index is 1150. The Balaban J connectivity index is 1.51. The van der Waals surface area contributed by atoms with Gasteiger partial charge in [-0.25, -0.2) is 4.79 Å². The van der Waals surface area contributed by atoms with Gasteiger partial charge in [-0.2, -0.15) is 0 Å². The quantitative estimate of drug-likeness (QED) is 0.426. The Hall–Kier alpha value is -3.07. The lowest BCUT2D eigenvalue weighted by molar-refractivity contribution is -0.139. The number of esters is 1. The van der Waals surface area contributed by atoms with E-state index in [2.05, 4.69) is 69.0 Å². The lowest BCUT2D eigenvalue weighted by atomic mass is 9.76. The molecule has 0 saturated carbocycles. The van der Waals surface area contributed by atoms with Crippen molar-refractivity contribution in [2.24, 2.45) is 5.92 Å². The van der Waals surface area contributed by atoms with E-state index in [1.165, 1.54) is 21.9 Å². The zero-order valence-corrected chi connectivity index (χ0v) is 16.8. The van der Waals surface area contributed by atoms with Crippen LogP contribution in [-0.2, 0) is 22.6 Å². The fourth-order valence-electron chi connectivity index (χ4n) is 4.90. The minimum atomic E-state index is -0.257. The number of ether oxygens (including phenoxy) is 2. The molecule has 2 atom stereocenters. The SMILES string of the molecule is C=C1C(=O)OC2c3c(C)c(OCc4cccc5ccccc45)cc(C)c3CC[C@@H]12. The van der Waals surface area contributed by atoms with E-state index in [1.54, 1.807) is 0 Å². The second-order valence-electron chi connectivity index (χ2n) is 8.13. The molecule has 0 bridgehead atoms. The first-order valence-corrected chi connectivity index (χ1v) is 10.2. The maximum Gasteiger partial charge on any atom is 0.334 e. The van der Waals surface area contributed by atoms with Gasteiger partial charge in [-0.3, -0.25) is 0 Å². The number of hydrogen-bond acceptors (Lipinski definition) is 3. The van der Waals surface area contributed by atoms with Crippen molar-refractivity contribution in [1.82, 2.24) is 0 Å². The first-order chi connectivity index (χ1) is 14.0. The summed E-state index contributed by atoms with van der Waals surface area (Å²) in [6.45, 7) is 8.66. The Morgan fingerprint density at radius 2 is 1.93 bits per heavy atom. The van der Waals surface area contributed by atoms with Gasteiger partial charge in [0, 0.05) is 17.1 Å². The molecule has 1 fully saturated rings. The molecular formula is C26H24O3. The van der Waals surface area contributed by atoms with Gasteiger partial charge < -0.3 is 9.47 Å². The van der Waals surface area contributed by atoms with Crippen molar-refractivity contribution in [2.45, 2.75) is 39.4 Å². The molecule has 3 aromatic rings. The molecule has 1 saturated heterocycles. The molecule has 0 radical (unpaired) electrons. The molecule has 1 aliphatic heterocycles. The Kier molecular flexibility index (Phi) is 4.20. The van der Waals surface area contributed by atoms with E-state index in [9.17, 15) is 4.79 Å². The van der Waals surface area contributed by atoms with E-state index >= 15 is 0 Å². The number of fused-ring (bicyclic) bond motifs is 4. The van der Waals surface area contributed by atoms with Crippen LogP contribution < -0.4 is 4.74 Å². The van der Waals surface area contributed by atoms with Gasteiger partial charge >= 0.3 is 5.97 Å². The van der Waals surface area contributed by atoms with Crippen LogP contribution in [0.25, 0.3) is 10.8 Å². The third-order valence-corrected chi connectivity index (χ3v) is 6.48. The number of hydrogen-bond donors (Lipinski definition) is 0. The van der Waals surface area contributed by atoms with Crippen molar-refractivity contribution >= 4 is 16.7 Å². The molecule has 2 aliphatic rings. The maximum atomic E-state index is 12.1. The van der Waals surface area contributed by atoms with Crippen molar-refractivity contribution < 1.29 is 14.3 Å². The van der Waals surface area contributed by atoms with E-state index in [0.29, 0.717) is 12.2 Å². The zero-order valence-electron chi connectivity index (χ0n) is 16.8. The number of rotatable bonds is 3. The second-order valence-corrected chi connectivity index (χ2v) is 8.13. The zero-order chi connectivity index (χ0) is 20.1. The molecule has 146 valence electrons. The van der Waals surface area contributed by atoms with Crippen LogP contribution in [0, 0.1) is 19.8 Å². The van der Waals surface area contributed by atoms with Crippen LogP contribution in [-0.4, -0.2) is 5.97 Å². The van der Waals surface area contributed by atoms with E-state index < -0.39 is 0 Å². The Labute approximate surface area is 171 Å². The molecule has 0 N–H and O–H groups in total. The lowest BCUT2D eigenvalue weighted by Crippen LogP contribution is -2.20. The third kappa shape index (κ3) is 2.84. The van der Waals surface area contributed by atoms with Crippen LogP contribution in [0.15, 0.2) is 60.7 Å². The molecular weight excluding hydrogens is 360 g/mol. The number of carbonyl (C=O) groups is 1. The average Bonchev–Trinajstić information content (AvgIpc) is 3.03. The molecule has 0 aromatic heterocycles. The Morgan fingerprint density at radius 3 is 2.79 bits per heavy atom. The summed E-state index contributed by atoms with van der Waals surface area (Å²) in [6, 6.07) is 16.8. The molecule has 0 spiro atoms. The summed E-state index contributed by atoms with van der Waals surface area (Å²) in [7, 11) is 0. The molecule has 1 heterocycles. The highest BCUT2D eigenvalue weighted by Crippen LogP contribution is 2.49. The topological polar surface area (TPSA) is 35.5 Å². The van der Waals surface area contributed by atoms with Crippen LogP contribution in [0.4, 0.5) is 0 Å². The van der Waals surface area contributed by atoms with E-state index in [0.717, 1.165) is 35.3 Å². The molecule has 1 unspecified atom stereocenters. The van der Waals surface area contributed by atoms with Crippen LogP contribution >= 0.6 is 0 Å². The van der Waals surface area contributed by atoms with Crippen molar-refractivity contribution in [3.05, 3.63) is 88.5 Å². The van der Waals surface area contributed by atoms with Crippen LogP contribution in [0.5, 0.6) is 5.75 Å². The molecule has 29 heavy (non-hydrogen) atoms. The van der Waals surface area contributed by atoms with Gasteiger partial charge in [-0.1, -0.05) is 49.0 Å². The predicted molar refractivity (Wildman–Crippen MR) is 114 cm³/mol. The number of aryl methyl sites for hydroxylation is 1. The normalized spacial score (nSPS) is 20.3. The van der Waals surface area contributed by atoms with E-state index in [-0.39, 0.29) is 18.0 Å². The van der Waals surface area contributed by atoms with E-state index in [4.69, 9.17) is 9.47 Å². The highest BCUT2D eigenvalue weighted by Gasteiger charge is 2.44. The van der Waals surface area contributed by atoms with Gasteiger partial charge in [-0.15, -0.1) is 0 Å². The van der Waals surface area contributed by atoms with Gasteiger partial charge in [0.15, 0.2) is 0 Å². The van der Waals surface area contributed by atoms with Gasteiger partial charge in [-0.05, 0) is 65.8 Å². The predicted octanol–water partition coefficient (Wildman–Crippen LogP) is 5.75. The summed E-state index contributed by atoms with van der Waals surface area (Å²) in [5.41, 5.74) is 6.47. The largest absolute Gasteiger partial charge is 0.489 e. The average molecular weight is 384 g/mol. The summed E-state index contributed by atoms with van der Waals surface area (Å²) >= 11 is 0. The van der Waals surface area contributed by atoms with Crippen molar-refractivity contribution in [3.8, 4) is 5.75 Å². The first-order valence-electron chi connectivity index (χ1n) is 10.2. The molecule has 1 aliphatic carbocycles. The van der Waals surface area contributed by atoms with Crippen molar-refractivity contribution in [2.75, 3.05) is 0 Å². The highest BCUT2D eigenvalue weighted by molar-refractivity contribution is 5.91. The number of carbonyl (C=O) groups excluding carboxylic acids is 1. The van der Waals surface area contributed by atoms with Crippen LogP contribution in [0.2, 0.25) is 0 Å². The molecule has 3 nitrogen and oxygen atoms in total. The van der Waals surface area contributed by atoms with Gasteiger partial charge in [0.05, 0.1) is 0 Å². The standard InChI is InChI=1S/C26H24O3/c1-15-13-23(28-14-19-9-6-8-18-7-4-5-10-22(18)19)17(3)24-20(15)11-12-21-16(2)26(27)29-25(21)24/h4-10,13,21,25H,2,11-12,14H2,1,3H3/t21-,25?/m0/s1. The minimum absolute atomic E-state index is 0.0846. The molecule has 3 aromatic carbocycles. The number of benzene rings is 3. The monoisotopic (exact) mass is 384 g/mol. The van der Waals surface area contributed by atoms with Crippen molar-refractivity contribution in [3.63, 3.8) is 0 Å². The Morgan fingerprint density at radius 1 is 1.14 bits per heavy atom. The summed E-state index contributed by atoms with van der Waals surface area (Å²) in [5.74, 6) is 0.691. The summed E-state index contributed by atoms with van der Waals surface area (Å²) in [6.07, 6.45) is 1.64.